The van der Waals surface area contributed by atoms with Gasteiger partial charge in [0, 0.05) is 44.6 Å². The zero-order valence-electron chi connectivity index (χ0n) is 37.7. The van der Waals surface area contributed by atoms with Crippen molar-refractivity contribution in [3.8, 4) is 22.3 Å². The average molecular weight is 815 g/mol. The Morgan fingerprint density at radius 1 is 0.413 bits per heavy atom. The molecule has 0 fully saturated rings. The molecule has 3 heterocycles. The van der Waals surface area contributed by atoms with Crippen LogP contribution in [-0.2, 0) is 21.7 Å². The lowest BCUT2D eigenvalue weighted by Crippen LogP contribution is -2.43. The van der Waals surface area contributed by atoms with Crippen molar-refractivity contribution in [1.82, 2.24) is 0 Å². The van der Waals surface area contributed by atoms with Crippen LogP contribution >= 0.6 is 0 Å². The summed E-state index contributed by atoms with van der Waals surface area (Å²) in [6.07, 6.45) is 11.5. The van der Waals surface area contributed by atoms with Crippen molar-refractivity contribution in [1.29, 1.82) is 0 Å². The molecule has 12 rings (SSSR count). The summed E-state index contributed by atoms with van der Waals surface area (Å²) in [4.78, 5) is 5.04. The third-order valence-electron chi connectivity index (χ3n) is 15.7. The van der Waals surface area contributed by atoms with Gasteiger partial charge in [-0.05, 0) is 139 Å². The Balaban J connectivity index is 1.05. The first-order chi connectivity index (χ1) is 30.3. The standard InChI is InChI=1S/C61H54N2/c1-58(2)43-19-16-15-18-40(32-43)47-31-28-39(33-50(47)58)42-36-52-57-54(37-42)61(7,8)53-35-41(34-51-56(53)63(57)55-48(59(51,3)4)24-17-25-49(55)60(52,5)6)38-26-29-46(30-27-38)62(44-20-11-9-12-21-44)45-22-13-10-14-23-45/h9-37,43H,1-8H3. The van der Waals surface area contributed by atoms with Gasteiger partial charge in [-0.25, -0.2) is 0 Å². The number of benzene rings is 7. The summed E-state index contributed by atoms with van der Waals surface area (Å²) >= 11 is 0. The van der Waals surface area contributed by atoms with Gasteiger partial charge in [-0.1, -0.05) is 165 Å². The maximum Gasteiger partial charge on any atom is 0.0544 e. The quantitative estimate of drug-likeness (QED) is 0.171. The molecule has 63 heavy (non-hydrogen) atoms. The number of anilines is 6. The lowest BCUT2D eigenvalue weighted by Gasteiger charge is -2.55. The fraction of sp³-hybridized carbons (Fsp3) is 0.213. The van der Waals surface area contributed by atoms with Crippen molar-refractivity contribution in [3.63, 3.8) is 0 Å². The van der Waals surface area contributed by atoms with Gasteiger partial charge < -0.3 is 9.80 Å². The highest BCUT2D eigenvalue weighted by molar-refractivity contribution is 6.00. The van der Waals surface area contributed by atoms with Gasteiger partial charge in [-0.2, -0.15) is 0 Å². The van der Waals surface area contributed by atoms with Crippen molar-refractivity contribution in [2.45, 2.75) is 77.0 Å². The van der Waals surface area contributed by atoms with Gasteiger partial charge in [0.15, 0.2) is 0 Å². The summed E-state index contributed by atoms with van der Waals surface area (Å²) in [5.41, 5.74) is 24.4. The zero-order chi connectivity index (χ0) is 43.2. The van der Waals surface area contributed by atoms with Crippen LogP contribution in [0.25, 0.3) is 27.8 Å². The number of fused-ring (bicyclic) bond motifs is 3. The van der Waals surface area contributed by atoms with E-state index in [1.807, 2.05) is 0 Å². The van der Waals surface area contributed by atoms with E-state index in [9.17, 15) is 0 Å². The molecule has 0 N–H and O–H groups in total. The minimum Gasteiger partial charge on any atom is -0.311 e. The fourth-order valence-corrected chi connectivity index (χ4v) is 11.9. The van der Waals surface area contributed by atoms with Gasteiger partial charge in [-0.15, -0.1) is 0 Å². The Hall–Kier alpha value is -6.64. The number of allylic oxidation sites excluding steroid dienone is 6. The van der Waals surface area contributed by atoms with E-state index in [0.29, 0.717) is 5.92 Å². The number of hydrogen-bond acceptors (Lipinski definition) is 2. The molecule has 0 spiro atoms. The van der Waals surface area contributed by atoms with Crippen LogP contribution in [0, 0.1) is 5.92 Å². The second-order valence-electron chi connectivity index (χ2n) is 20.7. The van der Waals surface area contributed by atoms with Crippen LogP contribution in [0.3, 0.4) is 0 Å². The Kier molecular flexibility index (Phi) is 7.83. The Morgan fingerprint density at radius 3 is 1.43 bits per heavy atom. The number of para-hydroxylation sites is 3. The Bertz CT molecular complexity index is 3110. The van der Waals surface area contributed by atoms with E-state index in [2.05, 4.69) is 241 Å². The largest absolute Gasteiger partial charge is 0.311 e. The van der Waals surface area contributed by atoms with E-state index in [-0.39, 0.29) is 21.7 Å². The van der Waals surface area contributed by atoms with Gasteiger partial charge in [0.1, 0.15) is 0 Å². The normalized spacial score (nSPS) is 19.1. The molecular weight excluding hydrogens is 761 g/mol. The van der Waals surface area contributed by atoms with E-state index < -0.39 is 0 Å². The summed E-state index contributed by atoms with van der Waals surface area (Å²) < 4.78 is 0. The number of hydrogen-bond donors (Lipinski definition) is 0. The summed E-state index contributed by atoms with van der Waals surface area (Å²) in [5.74, 6) is 0.351. The van der Waals surface area contributed by atoms with E-state index in [1.165, 1.54) is 89.4 Å². The van der Waals surface area contributed by atoms with Crippen molar-refractivity contribution >= 4 is 39.7 Å². The second kappa shape index (κ2) is 13.0. The van der Waals surface area contributed by atoms with Crippen LogP contribution < -0.4 is 9.80 Å². The summed E-state index contributed by atoms with van der Waals surface area (Å²) in [6.45, 7) is 19.6. The highest BCUT2D eigenvalue weighted by Gasteiger charge is 2.52. The second-order valence-corrected chi connectivity index (χ2v) is 20.7. The first-order valence-electron chi connectivity index (χ1n) is 22.8. The molecule has 5 aliphatic rings. The summed E-state index contributed by atoms with van der Waals surface area (Å²) in [6, 6.07) is 55.1. The summed E-state index contributed by atoms with van der Waals surface area (Å²) in [5, 5.41) is 0. The van der Waals surface area contributed by atoms with Crippen molar-refractivity contribution in [2.24, 2.45) is 5.92 Å². The van der Waals surface area contributed by atoms with Gasteiger partial charge in [-0.3, -0.25) is 0 Å². The fourth-order valence-electron chi connectivity index (χ4n) is 11.9. The van der Waals surface area contributed by atoms with Crippen LogP contribution in [0.5, 0.6) is 0 Å². The molecule has 2 heteroatoms. The molecule has 0 aromatic heterocycles. The van der Waals surface area contributed by atoms with E-state index in [4.69, 9.17) is 0 Å². The zero-order valence-corrected chi connectivity index (χ0v) is 37.7. The highest BCUT2D eigenvalue weighted by atomic mass is 15.2. The molecule has 0 amide bonds. The van der Waals surface area contributed by atoms with Crippen LogP contribution in [-0.4, -0.2) is 0 Å². The SMILES string of the molecule is CC1(C)c2cccc3c2N2c4c1cc(-c1ccc(N(c5ccccc5)c5ccccc5)cc1)cc4C(C)(C)c1cc(-c4ccc5c(c4)C(C)(C)C4C=CC=CC5=C4)cc(c12)C3(C)C. The molecule has 3 aliphatic heterocycles. The molecule has 308 valence electrons. The molecular formula is C61H54N2. The van der Waals surface area contributed by atoms with Crippen LogP contribution in [0.2, 0.25) is 0 Å². The maximum absolute atomic E-state index is 2.70. The molecule has 0 saturated heterocycles. The van der Waals surface area contributed by atoms with Crippen LogP contribution in [0.15, 0.2) is 176 Å². The lowest BCUT2D eigenvalue weighted by atomic mass is 9.60. The lowest BCUT2D eigenvalue weighted by molar-refractivity contribution is 0.439. The van der Waals surface area contributed by atoms with Crippen LogP contribution in [0.1, 0.15) is 99.9 Å². The third kappa shape index (κ3) is 5.24. The smallest absolute Gasteiger partial charge is 0.0544 e. The number of rotatable bonds is 5. The van der Waals surface area contributed by atoms with E-state index in [0.717, 1.165) is 17.1 Å². The molecule has 2 nitrogen and oxygen atoms in total. The number of nitrogens with zero attached hydrogens (tertiary/aromatic N) is 2. The van der Waals surface area contributed by atoms with E-state index in [1.54, 1.807) is 0 Å². The van der Waals surface area contributed by atoms with Crippen molar-refractivity contribution in [2.75, 3.05) is 9.80 Å². The minimum absolute atomic E-state index is 0.0281. The van der Waals surface area contributed by atoms with Crippen molar-refractivity contribution in [3.05, 3.63) is 220 Å². The van der Waals surface area contributed by atoms with Gasteiger partial charge in [0.05, 0.1) is 17.1 Å². The highest BCUT2D eigenvalue weighted by Crippen LogP contribution is 2.67. The van der Waals surface area contributed by atoms with Gasteiger partial charge in [0.2, 0.25) is 0 Å². The summed E-state index contributed by atoms with van der Waals surface area (Å²) in [7, 11) is 0. The van der Waals surface area contributed by atoms with E-state index >= 15 is 0 Å². The molecule has 0 radical (unpaired) electrons. The minimum atomic E-state index is -0.285. The molecule has 1 atom stereocenters. The first-order valence-corrected chi connectivity index (χ1v) is 22.8. The third-order valence-corrected chi connectivity index (χ3v) is 15.7. The molecule has 0 saturated carbocycles. The molecule has 2 aliphatic carbocycles. The predicted octanol–water partition coefficient (Wildman–Crippen LogP) is 16.3. The Morgan fingerprint density at radius 2 is 0.873 bits per heavy atom. The van der Waals surface area contributed by atoms with Gasteiger partial charge >= 0.3 is 0 Å². The molecule has 7 aromatic rings. The maximum atomic E-state index is 2.70. The molecule has 2 bridgehead atoms. The monoisotopic (exact) mass is 814 g/mol. The molecule has 7 aromatic carbocycles. The van der Waals surface area contributed by atoms with Crippen LogP contribution in [0.4, 0.5) is 34.1 Å². The van der Waals surface area contributed by atoms with Gasteiger partial charge in [0.25, 0.3) is 0 Å². The molecule has 1 unspecified atom stereocenters. The topological polar surface area (TPSA) is 6.48 Å². The average Bonchev–Trinajstić information content (AvgIpc) is 3.54. The predicted molar refractivity (Wildman–Crippen MR) is 266 cm³/mol. The first kappa shape index (κ1) is 38.1. The van der Waals surface area contributed by atoms with Crippen molar-refractivity contribution < 1.29 is 0 Å². The Labute approximate surface area is 373 Å².